The molecule has 0 aliphatic carbocycles. The fraction of sp³-hybridized carbons (Fsp3) is 0.190. The van der Waals surface area contributed by atoms with Crippen LogP contribution in [0.4, 0.5) is 11.5 Å². The number of nitrogens with one attached hydrogen (secondary N) is 2. The molecule has 7 nitrogen and oxygen atoms in total. The van der Waals surface area contributed by atoms with Crippen molar-refractivity contribution in [1.29, 1.82) is 0 Å². The van der Waals surface area contributed by atoms with E-state index in [2.05, 4.69) is 32.7 Å². The first-order valence-corrected chi connectivity index (χ1v) is 8.74. The number of ether oxygens (including phenoxy) is 2. The molecule has 0 bridgehead atoms. The van der Waals surface area contributed by atoms with Crippen molar-refractivity contribution in [3.05, 3.63) is 71.7 Å². The smallest absolute Gasteiger partial charge is 0.274 e. The highest BCUT2D eigenvalue weighted by atomic mass is 16.5. The van der Waals surface area contributed by atoms with Crippen molar-refractivity contribution in [3.63, 3.8) is 0 Å². The zero-order valence-corrected chi connectivity index (χ0v) is 16.0. The van der Waals surface area contributed by atoms with Crippen LogP contribution < -0.4 is 20.1 Å². The van der Waals surface area contributed by atoms with Gasteiger partial charge >= 0.3 is 0 Å². The number of hydrogen-bond donors (Lipinski definition) is 2. The van der Waals surface area contributed by atoms with Gasteiger partial charge in [0.15, 0.2) is 0 Å². The van der Waals surface area contributed by atoms with Gasteiger partial charge in [0.05, 0.1) is 19.9 Å². The maximum Gasteiger partial charge on any atom is 0.274 e. The van der Waals surface area contributed by atoms with Crippen LogP contribution >= 0.6 is 0 Å². The molecule has 28 heavy (non-hydrogen) atoms. The Bertz CT molecular complexity index is 958. The highest BCUT2D eigenvalue weighted by molar-refractivity contribution is 6.04. The Hall–Kier alpha value is -3.61. The number of nitrogens with zero attached hydrogens (tertiary/aromatic N) is 2. The normalized spacial score (nSPS) is 10.2. The Kier molecular flexibility index (Phi) is 6.06. The largest absolute Gasteiger partial charge is 0.497 e. The molecule has 2 N–H and O–H groups in total. The van der Waals surface area contributed by atoms with Crippen LogP contribution in [0, 0.1) is 6.92 Å². The molecule has 0 saturated carbocycles. The monoisotopic (exact) mass is 378 g/mol. The number of aryl methyl sites for hydroxylation is 1. The first-order valence-electron chi connectivity index (χ1n) is 8.74. The highest BCUT2D eigenvalue weighted by Crippen LogP contribution is 2.29. The van der Waals surface area contributed by atoms with Crippen LogP contribution in [-0.2, 0) is 6.54 Å². The van der Waals surface area contributed by atoms with Gasteiger partial charge in [0.25, 0.3) is 5.91 Å². The third-order valence-corrected chi connectivity index (χ3v) is 4.15. The second kappa shape index (κ2) is 8.85. The van der Waals surface area contributed by atoms with Gasteiger partial charge in [-0.1, -0.05) is 29.8 Å². The minimum absolute atomic E-state index is 0.249. The van der Waals surface area contributed by atoms with Gasteiger partial charge in [-0.3, -0.25) is 4.79 Å². The zero-order valence-electron chi connectivity index (χ0n) is 16.0. The highest BCUT2D eigenvalue weighted by Gasteiger charge is 2.13. The molecule has 1 aromatic heterocycles. The van der Waals surface area contributed by atoms with Gasteiger partial charge in [0.1, 0.15) is 29.3 Å². The molecule has 0 saturated heterocycles. The number of benzene rings is 2. The molecule has 3 aromatic rings. The Labute approximate surface area is 163 Å². The van der Waals surface area contributed by atoms with Crippen molar-refractivity contribution in [2.45, 2.75) is 13.5 Å². The molecule has 7 heteroatoms. The molecular formula is C21H22N4O3. The average molecular weight is 378 g/mol. The Morgan fingerprint density at radius 2 is 1.79 bits per heavy atom. The van der Waals surface area contributed by atoms with Crippen LogP contribution in [0.15, 0.2) is 54.9 Å². The number of rotatable bonds is 7. The van der Waals surface area contributed by atoms with Gasteiger partial charge in [-0.2, -0.15) is 0 Å². The van der Waals surface area contributed by atoms with Crippen LogP contribution in [0.1, 0.15) is 21.6 Å². The van der Waals surface area contributed by atoms with E-state index in [0.717, 1.165) is 5.56 Å². The van der Waals surface area contributed by atoms with E-state index in [1.807, 2.05) is 19.1 Å². The molecule has 3 rings (SSSR count). The number of hydrogen-bond acceptors (Lipinski definition) is 6. The first-order chi connectivity index (χ1) is 13.6. The van der Waals surface area contributed by atoms with Crippen LogP contribution in [0.5, 0.6) is 11.5 Å². The van der Waals surface area contributed by atoms with Crippen LogP contribution in [0.25, 0.3) is 0 Å². The van der Waals surface area contributed by atoms with Crippen LogP contribution in [0.3, 0.4) is 0 Å². The van der Waals surface area contributed by atoms with Gasteiger partial charge in [0, 0.05) is 18.7 Å². The molecule has 1 amide bonds. The first kappa shape index (κ1) is 19.2. The molecule has 2 aromatic carbocycles. The fourth-order valence-corrected chi connectivity index (χ4v) is 2.56. The summed E-state index contributed by atoms with van der Waals surface area (Å²) in [5, 5.41) is 6.00. The van der Waals surface area contributed by atoms with Crippen molar-refractivity contribution >= 4 is 17.4 Å². The van der Waals surface area contributed by atoms with E-state index in [4.69, 9.17) is 9.47 Å². The lowest BCUT2D eigenvalue weighted by molar-refractivity contribution is 0.102. The lowest BCUT2D eigenvalue weighted by Crippen LogP contribution is -2.15. The van der Waals surface area contributed by atoms with E-state index in [1.165, 1.54) is 19.0 Å². The second-order valence-corrected chi connectivity index (χ2v) is 6.15. The quantitative estimate of drug-likeness (QED) is 0.653. The summed E-state index contributed by atoms with van der Waals surface area (Å²) in [5.74, 6) is 1.35. The lowest BCUT2D eigenvalue weighted by Gasteiger charge is -2.12. The summed E-state index contributed by atoms with van der Waals surface area (Å²) in [5.41, 5.74) is 3.11. The third-order valence-electron chi connectivity index (χ3n) is 4.15. The van der Waals surface area contributed by atoms with Gasteiger partial charge in [-0.05, 0) is 24.6 Å². The van der Waals surface area contributed by atoms with Crippen molar-refractivity contribution in [3.8, 4) is 11.5 Å². The predicted octanol–water partition coefficient (Wildman–Crippen LogP) is 3.67. The minimum Gasteiger partial charge on any atom is -0.497 e. The maximum absolute atomic E-state index is 12.6. The molecule has 0 aliphatic heterocycles. The standard InChI is InChI=1S/C21H22N4O3/c1-14-4-6-15(7-5-14)12-22-20-11-18(23-13-24-20)21(26)25-17-9-8-16(27-2)10-19(17)28-3/h4-11,13H,12H2,1-3H3,(H,25,26)(H,22,23,24). The molecular weight excluding hydrogens is 356 g/mol. The number of amides is 1. The summed E-state index contributed by atoms with van der Waals surface area (Å²) < 4.78 is 10.5. The molecule has 0 atom stereocenters. The summed E-state index contributed by atoms with van der Waals surface area (Å²) in [4.78, 5) is 20.8. The van der Waals surface area contributed by atoms with Gasteiger partial charge in [-0.15, -0.1) is 0 Å². The molecule has 0 spiro atoms. The lowest BCUT2D eigenvalue weighted by atomic mass is 10.1. The SMILES string of the molecule is COc1ccc(NC(=O)c2cc(NCc3ccc(C)cc3)ncn2)c(OC)c1. The summed E-state index contributed by atoms with van der Waals surface area (Å²) in [6, 6.07) is 15.0. The topological polar surface area (TPSA) is 85.4 Å². The van der Waals surface area contributed by atoms with Crippen molar-refractivity contribution in [2.75, 3.05) is 24.9 Å². The molecule has 144 valence electrons. The Morgan fingerprint density at radius 3 is 2.50 bits per heavy atom. The molecule has 1 heterocycles. The average Bonchev–Trinajstić information content (AvgIpc) is 2.73. The van der Waals surface area contributed by atoms with Gasteiger partial charge in [0.2, 0.25) is 0 Å². The number of anilines is 2. The molecule has 0 fully saturated rings. The van der Waals surface area contributed by atoms with Crippen molar-refractivity contribution in [1.82, 2.24) is 9.97 Å². The summed E-state index contributed by atoms with van der Waals surface area (Å²) in [7, 11) is 3.10. The number of carbonyl (C=O) groups is 1. The summed E-state index contributed by atoms with van der Waals surface area (Å²) >= 11 is 0. The van der Waals surface area contributed by atoms with Crippen molar-refractivity contribution < 1.29 is 14.3 Å². The maximum atomic E-state index is 12.6. The van der Waals surface area contributed by atoms with Gasteiger partial charge in [-0.25, -0.2) is 9.97 Å². The number of carbonyl (C=O) groups excluding carboxylic acids is 1. The number of methoxy groups -OCH3 is 2. The molecule has 0 radical (unpaired) electrons. The van der Waals surface area contributed by atoms with Crippen LogP contribution in [0.2, 0.25) is 0 Å². The Morgan fingerprint density at radius 1 is 1.00 bits per heavy atom. The van der Waals surface area contributed by atoms with Crippen molar-refractivity contribution in [2.24, 2.45) is 0 Å². The van der Waals surface area contributed by atoms with E-state index in [0.29, 0.717) is 29.5 Å². The summed E-state index contributed by atoms with van der Waals surface area (Å²) in [6.45, 7) is 2.65. The zero-order chi connectivity index (χ0) is 19.9. The van der Waals surface area contributed by atoms with Gasteiger partial charge < -0.3 is 20.1 Å². The van der Waals surface area contributed by atoms with E-state index < -0.39 is 0 Å². The van der Waals surface area contributed by atoms with E-state index in [-0.39, 0.29) is 11.6 Å². The fourth-order valence-electron chi connectivity index (χ4n) is 2.56. The second-order valence-electron chi connectivity index (χ2n) is 6.15. The minimum atomic E-state index is -0.357. The third kappa shape index (κ3) is 4.76. The number of aromatic nitrogens is 2. The molecule has 0 unspecified atom stereocenters. The Balaban J connectivity index is 1.69. The van der Waals surface area contributed by atoms with E-state index in [9.17, 15) is 4.79 Å². The van der Waals surface area contributed by atoms with Crippen LogP contribution in [-0.4, -0.2) is 30.1 Å². The van der Waals surface area contributed by atoms with E-state index in [1.54, 1.807) is 31.4 Å². The summed E-state index contributed by atoms with van der Waals surface area (Å²) in [6.07, 6.45) is 1.36. The predicted molar refractivity (Wildman–Crippen MR) is 108 cm³/mol. The van der Waals surface area contributed by atoms with E-state index >= 15 is 0 Å². The molecule has 0 aliphatic rings.